The van der Waals surface area contributed by atoms with E-state index in [2.05, 4.69) is 134 Å². The lowest BCUT2D eigenvalue weighted by Gasteiger charge is -2.46. The van der Waals surface area contributed by atoms with Crippen LogP contribution in [-0.2, 0) is 6.42 Å². The van der Waals surface area contributed by atoms with E-state index in [4.69, 9.17) is 0 Å². The minimum Gasteiger partial charge on any atom is -0.0842 e. The van der Waals surface area contributed by atoms with Crippen molar-refractivity contribution < 1.29 is 0 Å². The van der Waals surface area contributed by atoms with Crippen LogP contribution in [0.5, 0.6) is 0 Å². The van der Waals surface area contributed by atoms with E-state index >= 15 is 0 Å². The molecule has 0 saturated heterocycles. The molecule has 0 fully saturated rings. The topological polar surface area (TPSA) is 0 Å². The molecule has 0 amide bonds. The first-order chi connectivity index (χ1) is 25.8. The molecular weight excluding hydrogens is 625 g/mol. The molecule has 6 atom stereocenters. The lowest BCUT2D eigenvalue weighted by atomic mass is 9.58. The Morgan fingerprint density at radius 3 is 2.44 bits per heavy atom. The lowest BCUT2D eigenvalue weighted by Crippen LogP contribution is -2.37. The molecule has 11 rings (SSSR count). The van der Waals surface area contributed by atoms with Crippen molar-refractivity contribution in [1.82, 2.24) is 0 Å². The Morgan fingerprint density at radius 1 is 0.596 bits per heavy atom. The Morgan fingerprint density at radius 2 is 1.46 bits per heavy atom. The van der Waals surface area contributed by atoms with Gasteiger partial charge in [-0.25, -0.2) is 0 Å². The van der Waals surface area contributed by atoms with E-state index in [0.29, 0.717) is 35.5 Å². The normalized spacial score (nSPS) is 30.9. The van der Waals surface area contributed by atoms with Gasteiger partial charge in [0.2, 0.25) is 0 Å². The van der Waals surface area contributed by atoms with E-state index in [-0.39, 0.29) is 0 Å². The van der Waals surface area contributed by atoms with Gasteiger partial charge in [-0.3, -0.25) is 0 Å². The van der Waals surface area contributed by atoms with Gasteiger partial charge in [-0.1, -0.05) is 134 Å². The molecule has 0 aromatic heterocycles. The maximum absolute atomic E-state index is 2.81. The summed E-state index contributed by atoms with van der Waals surface area (Å²) >= 11 is 0. The van der Waals surface area contributed by atoms with Crippen LogP contribution < -0.4 is 10.4 Å². The van der Waals surface area contributed by atoms with Gasteiger partial charge in [0.05, 0.1) is 0 Å². The van der Waals surface area contributed by atoms with Crippen molar-refractivity contribution in [3.8, 4) is 0 Å². The van der Waals surface area contributed by atoms with Gasteiger partial charge in [0, 0.05) is 17.8 Å². The summed E-state index contributed by atoms with van der Waals surface area (Å²) in [5, 5.41) is 2.98. The molecule has 0 aliphatic heterocycles. The third-order valence-electron chi connectivity index (χ3n) is 14.1. The summed E-state index contributed by atoms with van der Waals surface area (Å²) in [5.74, 6) is 2.96. The highest BCUT2D eigenvalue weighted by atomic mass is 14.5. The molecular formula is C52H48. The number of hydrogen-bond donors (Lipinski definition) is 0. The Balaban J connectivity index is 1.08. The molecule has 0 heterocycles. The van der Waals surface area contributed by atoms with Crippen molar-refractivity contribution in [3.05, 3.63) is 194 Å². The molecule has 9 aliphatic carbocycles. The van der Waals surface area contributed by atoms with Crippen molar-refractivity contribution in [2.45, 2.75) is 64.2 Å². The molecule has 0 radical (unpaired) electrons. The number of allylic oxidation sites excluding steroid dienone is 21. The van der Waals surface area contributed by atoms with Gasteiger partial charge < -0.3 is 0 Å². The van der Waals surface area contributed by atoms with Gasteiger partial charge in [0.15, 0.2) is 0 Å². The van der Waals surface area contributed by atoms with E-state index in [9.17, 15) is 0 Å². The van der Waals surface area contributed by atoms with Gasteiger partial charge in [-0.2, -0.15) is 0 Å². The Hall–Kier alpha value is -4.68. The van der Waals surface area contributed by atoms with Crippen molar-refractivity contribution in [2.24, 2.45) is 35.5 Å². The number of hydrogen-bond acceptors (Lipinski definition) is 0. The fraction of sp³-hybridized carbons (Fsp3) is 0.308. The zero-order valence-corrected chi connectivity index (χ0v) is 30.2. The van der Waals surface area contributed by atoms with Gasteiger partial charge in [-0.15, -0.1) is 0 Å². The highest BCUT2D eigenvalue weighted by molar-refractivity contribution is 5.76. The quantitative estimate of drug-likeness (QED) is 0.304. The molecule has 0 spiro atoms. The molecule has 2 aromatic carbocycles. The Labute approximate surface area is 309 Å². The summed E-state index contributed by atoms with van der Waals surface area (Å²) < 4.78 is 0. The van der Waals surface area contributed by atoms with Crippen LogP contribution in [0.25, 0.3) is 17.2 Å². The smallest absolute Gasteiger partial charge is 0.00960 e. The molecule has 6 unspecified atom stereocenters. The van der Waals surface area contributed by atoms with E-state index in [1.54, 1.807) is 55.7 Å². The standard InChI is InChI=1S/C52H48/c1-3-13-35-27-38(23-21-33(35)11-1)48-32-52-50-30-40(47-29-37-15-5-6-16-41(37)42-17-7-8-18-43(42)47)25-26-46(50)49(31-51(52)45-20-10-9-19-44(45)48)39-24-22-34-12-2-4-14-36(34)28-39/h1,3-4,6-11,13-14,16-19,21-24,30-32,37-39,45,51-52H,2,5,12,15,20,25-29H2. The number of rotatable bonds is 3. The molecule has 0 heteroatoms. The van der Waals surface area contributed by atoms with Crippen LogP contribution in [0.3, 0.4) is 0 Å². The molecule has 0 N–H and O–H groups in total. The van der Waals surface area contributed by atoms with Gasteiger partial charge in [0.25, 0.3) is 0 Å². The average molecular weight is 673 g/mol. The second kappa shape index (κ2) is 12.5. The second-order valence-electron chi connectivity index (χ2n) is 16.7. The van der Waals surface area contributed by atoms with E-state index in [1.165, 1.54) is 53.7 Å². The summed E-state index contributed by atoms with van der Waals surface area (Å²) in [4.78, 5) is 0. The van der Waals surface area contributed by atoms with Crippen LogP contribution in [0.2, 0.25) is 0 Å². The van der Waals surface area contributed by atoms with Crippen LogP contribution in [-0.4, -0.2) is 0 Å². The highest BCUT2D eigenvalue weighted by Gasteiger charge is 2.43. The third-order valence-corrected chi connectivity index (χ3v) is 14.1. The summed E-state index contributed by atoms with van der Waals surface area (Å²) in [6, 6.07) is 18.4. The van der Waals surface area contributed by atoms with E-state index in [0.717, 1.165) is 32.1 Å². The predicted octanol–water partition coefficient (Wildman–Crippen LogP) is 11.1. The molecule has 9 aliphatic rings. The predicted molar refractivity (Wildman–Crippen MR) is 217 cm³/mol. The SMILES string of the molecule is C1=CCC2C(=C1)C(C1C=Cc3ccccc3C1)=CC1C3=C(CCC(C4=c5ccccc5=C5C=CCCC5C4)=C3)C(C3C=CC4=C(C=CCC4)C3)=CC12. The molecule has 0 saturated carbocycles. The Kier molecular flexibility index (Phi) is 7.41. The highest BCUT2D eigenvalue weighted by Crippen LogP contribution is 2.55. The molecule has 2 aromatic rings. The van der Waals surface area contributed by atoms with Crippen molar-refractivity contribution >= 4 is 17.2 Å². The van der Waals surface area contributed by atoms with Gasteiger partial charge in [-0.05, 0) is 159 Å². The summed E-state index contributed by atoms with van der Waals surface area (Å²) in [5.41, 5.74) is 19.0. The largest absolute Gasteiger partial charge is 0.0842 e. The second-order valence-corrected chi connectivity index (χ2v) is 16.7. The third kappa shape index (κ3) is 5.01. The van der Waals surface area contributed by atoms with Crippen LogP contribution in [0.1, 0.15) is 68.9 Å². The van der Waals surface area contributed by atoms with Crippen molar-refractivity contribution in [3.63, 3.8) is 0 Å². The van der Waals surface area contributed by atoms with Crippen LogP contribution >= 0.6 is 0 Å². The Bertz CT molecular complexity index is 2380. The first-order valence-corrected chi connectivity index (χ1v) is 20.3. The van der Waals surface area contributed by atoms with Gasteiger partial charge >= 0.3 is 0 Å². The maximum Gasteiger partial charge on any atom is 0.00960 e. The number of benzene rings is 2. The summed E-state index contributed by atoms with van der Waals surface area (Å²) in [6.45, 7) is 0. The summed E-state index contributed by atoms with van der Waals surface area (Å²) in [6.07, 6.45) is 47.0. The van der Waals surface area contributed by atoms with Crippen LogP contribution in [0.4, 0.5) is 0 Å². The fourth-order valence-electron chi connectivity index (χ4n) is 11.6. The first kappa shape index (κ1) is 30.9. The molecule has 52 heavy (non-hydrogen) atoms. The van der Waals surface area contributed by atoms with Crippen LogP contribution in [0, 0.1) is 35.5 Å². The van der Waals surface area contributed by atoms with E-state index < -0.39 is 0 Å². The van der Waals surface area contributed by atoms with Crippen molar-refractivity contribution in [1.29, 1.82) is 0 Å². The minimum atomic E-state index is 0.416. The number of fused-ring (bicyclic) bond motifs is 7. The van der Waals surface area contributed by atoms with Gasteiger partial charge in [0.1, 0.15) is 0 Å². The van der Waals surface area contributed by atoms with Crippen molar-refractivity contribution in [2.75, 3.05) is 0 Å². The fourth-order valence-corrected chi connectivity index (χ4v) is 11.6. The molecule has 256 valence electrons. The molecule has 0 bridgehead atoms. The van der Waals surface area contributed by atoms with E-state index in [1.807, 2.05) is 0 Å². The van der Waals surface area contributed by atoms with Crippen LogP contribution in [0.15, 0.2) is 172 Å². The monoisotopic (exact) mass is 672 g/mol. The average Bonchev–Trinajstić information content (AvgIpc) is 3.22. The lowest BCUT2D eigenvalue weighted by molar-refractivity contribution is 0.360. The maximum atomic E-state index is 2.81. The minimum absolute atomic E-state index is 0.416. The zero-order valence-electron chi connectivity index (χ0n) is 30.2. The zero-order chi connectivity index (χ0) is 34.2. The summed E-state index contributed by atoms with van der Waals surface area (Å²) in [7, 11) is 0. The molecule has 0 nitrogen and oxygen atoms in total. The first-order valence-electron chi connectivity index (χ1n) is 20.3.